The Morgan fingerprint density at radius 1 is 1.44 bits per heavy atom. The van der Waals surface area contributed by atoms with Crippen LogP contribution in [0.3, 0.4) is 0 Å². The molecule has 16 heavy (non-hydrogen) atoms. The predicted molar refractivity (Wildman–Crippen MR) is 71.5 cm³/mol. The minimum Gasteiger partial charge on any atom is -0.355 e. The van der Waals surface area contributed by atoms with Gasteiger partial charge in [-0.25, -0.2) is 0 Å². The molecule has 0 atom stereocenters. The van der Waals surface area contributed by atoms with Gasteiger partial charge >= 0.3 is 0 Å². The van der Waals surface area contributed by atoms with E-state index in [1.165, 1.54) is 0 Å². The van der Waals surface area contributed by atoms with Gasteiger partial charge in [0.15, 0.2) is 0 Å². The molecule has 4 heteroatoms. The van der Waals surface area contributed by atoms with Crippen LogP contribution in [0.1, 0.15) is 20.3 Å². The van der Waals surface area contributed by atoms with E-state index in [-0.39, 0.29) is 5.91 Å². The van der Waals surface area contributed by atoms with E-state index in [4.69, 9.17) is 6.42 Å². The number of hydrogen-bond donors (Lipinski definition) is 2. The lowest BCUT2D eigenvalue weighted by Gasteiger charge is -2.07. The summed E-state index contributed by atoms with van der Waals surface area (Å²) < 4.78 is 0. The molecule has 0 saturated carbocycles. The molecule has 0 aliphatic heterocycles. The SMILES string of the molecule is C#CCSCCNCC(=O)NCCC(C)C. The second-order valence-corrected chi connectivity index (χ2v) is 5.07. The predicted octanol–water partition coefficient (Wildman–Crippen LogP) is 1.10. The van der Waals surface area contributed by atoms with E-state index in [2.05, 4.69) is 30.4 Å². The highest BCUT2D eigenvalue weighted by atomic mass is 32.2. The van der Waals surface area contributed by atoms with Gasteiger partial charge in [0.25, 0.3) is 0 Å². The van der Waals surface area contributed by atoms with Gasteiger partial charge in [0.05, 0.1) is 12.3 Å². The van der Waals surface area contributed by atoms with Crippen molar-refractivity contribution in [2.45, 2.75) is 20.3 Å². The first kappa shape index (κ1) is 15.3. The molecular weight excluding hydrogens is 220 g/mol. The Labute approximate surface area is 103 Å². The van der Waals surface area contributed by atoms with Gasteiger partial charge in [0.1, 0.15) is 0 Å². The smallest absolute Gasteiger partial charge is 0.233 e. The van der Waals surface area contributed by atoms with Crippen LogP contribution in [0, 0.1) is 18.3 Å². The van der Waals surface area contributed by atoms with Crippen LogP contribution >= 0.6 is 11.8 Å². The number of amides is 1. The summed E-state index contributed by atoms with van der Waals surface area (Å²) in [5.74, 6) is 4.95. The second-order valence-electron chi connectivity index (χ2n) is 3.97. The van der Waals surface area contributed by atoms with Crippen molar-refractivity contribution in [2.75, 3.05) is 31.1 Å². The molecule has 1 amide bonds. The Bertz CT molecular complexity index is 224. The number of hydrogen-bond acceptors (Lipinski definition) is 3. The zero-order valence-electron chi connectivity index (χ0n) is 10.2. The summed E-state index contributed by atoms with van der Waals surface area (Å²) in [6.45, 7) is 6.28. The van der Waals surface area contributed by atoms with E-state index in [9.17, 15) is 4.79 Å². The minimum atomic E-state index is 0.0719. The minimum absolute atomic E-state index is 0.0719. The van der Waals surface area contributed by atoms with E-state index in [0.29, 0.717) is 12.5 Å². The van der Waals surface area contributed by atoms with Crippen molar-refractivity contribution in [3.63, 3.8) is 0 Å². The fourth-order valence-electron chi connectivity index (χ4n) is 1.04. The maximum atomic E-state index is 11.3. The Hall–Kier alpha value is -0.660. The van der Waals surface area contributed by atoms with Gasteiger partial charge in [0.2, 0.25) is 5.91 Å². The highest BCUT2D eigenvalue weighted by Gasteiger charge is 2.00. The molecule has 0 heterocycles. The van der Waals surface area contributed by atoms with Crippen molar-refractivity contribution in [3.8, 4) is 12.3 Å². The van der Waals surface area contributed by atoms with Gasteiger partial charge in [-0.1, -0.05) is 19.8 Å². The van der Waals surface area contributed by atoms with Crippen molar-refractivity contribution < 1.29 is 4.79 Å². The molecule has 0 unspecified atom stereocenters. The Morgan fingerprint density at radius 2 is 2.19 bits per heavy atom. The monoisotopic (exact) mass is 242 g/mol. The first-order valence-corrected chi connectivity index (χ1v) is 6.81. The van der Waals surface area contributed by atoms with Crippen molar-refractivity contribution in [3.05, 3.63) is 0 Å². The molecule has 0 aromatic carbocycles. The number of terminal acetylenes is 1. The molecule has 0 aliphatic carbocycles. The lowest BCUT2D eigenvalue weighted by atomic mass is 10.1. The fraction of sp³-hybridized carbons (Fsp3) is 0.750. The molecule has 0 saturated heterocycles. The normalized spacial score (nSPS) is 10.1. The maximum absolute atomic E-state index is 11.3. The summed E-state index contributed by atoms with van der Waals surface area (Å²) in [4.78, 5) is 11.3. The molecule has 0 spiro atoms. The number of carbonyl (C=O) groups excluding carboxylic acids is 1. The summed E-state index contributed by atoms with van der Waals surface area (Å²) in [6, 6.07) is 0. The first-order chi connectivity index (χ1) is 7.66. The van der Waals surface area contributed by atoms with Gasteiger partial charge in [0, 0.05) is 18.8 Å². The number of carbonyl (C=O) groups is 1. The molecule has 0 rings (SSSR count). The standard InChI is InChI=1S/C12H22N2OS/c1-4-8-16-9-7-13-10-12(15)14-6-5-11(2)3/h1,11,13H,5-10H2,2-3H3,(H,14,15). The molecule has 3 nitrogen and oxygen atoms in total. The first-order valence-electron chi connectivity index (χ1n) is 5.65. The second kappa shape index (κ2) is 10.8. The Kier molecular flexibility index (Phi) is 10.4. The van der Waals surface area contributed by atoms with Gasteiger partial charge in [-0.05, 0) is 12.3 Å². The van der Waals surface area contributed by atoms with Gasteiger partial charge in [-0.2, -0.15) is 0 Å². The Morgan fingerprint density at radius 3 is 2.81 bits per heavy atom. The zero-order chi connectivity index (χ0) is 12.2. The van der Waals surface area contributed by atoms with Crippen LogP contribution in [-0.2, 0) is 4.79 Å². The average Bonchev–Trinajstić information content (AvgIpc) is 2.22. The molecular formula is C12H22N2OS. The zero-order valence-corrected chi connectivity index (χ0v) is 11.0. The van der Waals surface area contributed by atoms with Crippen LogP contribution in [0.15, 0.2) is 0 Å². The van der Waals surface area contributed by atoms with Crippen LogP contribution < -0.4 is 10.6 Å². The molecule has 92 valence electrons. The molecule has 0 aromatic rings. The van der Waals surface area contributed by atoms with Gasteiger partial charge < -0.3 is 10.6 Å². The summed E-state index contributed by atoms with van der Waals surface area (Å²) in [7, 11) is 0. The lowest BCUT2D eigenvalue weighted by Crippen LogP contribution is -2.35. The summed E-state index contributed by atoms with van der Waals surface area (Å²) in [5, 5.41) is 5.96. The van der Waals surface area contributed by atoms with Crippen molar-refractivity contribution in [1.82, 2.24) is 10.6 Å². The van der Waals surface area contributed by atoms with Crippen LogP contribution in [0.4, 0.5) is 0 Å². The fourth-order valence-corrected chi connectivity index (χ4v) is 1.59. The van der Waals surface area contributed by atoms with Crippen molar-refractivity contribution >= 4 is 17.7 Å². The summed E-state index contributed by atoms with van der Waals surface area (Å²) >= 11 is 1.70. The largest absolute Gasteiger partial charge is 0.355 e. The third-order valence-corrected chi connectivity index (χ3v) is 2.80. The van der Waals surface area contributed by atoms with E-state index in [0.717, 1.165) is 31.0 Å². The average molecular weight is 242 g/mol. The van der Waals surface area contributed by atoms with E-state index < -0.39 is 0 Å². The van der Waals surface area contributed by atoms with Gasteiger partial charge in [-0.15, -0.1) is 18.2 Å². The van der Waals surface area contributed by atoms with Crippen molar-refractivity contribution in [1.29, 1.82) is 0 Å². The lowest BCUT2D eigenvalue weighted by molar-refractivity contribution is -0.120. The van der Waals surface area contributed by atoms with Crippen molar-refractivity contribution in [2.24, 2.45) is 5.92 Å². The molecule has 2 N–H and O–H groups in total. The Balaban J connectivity index is 3.21. The molecule has 0 radical (unpaired) electrons. The highest BCUT2D eigenvalue weighted by Crippen LogP contribution is 1.96. The molecule has 0 bridgehead atoms. The number of rotatable bonds is 9. The van der Waals surface area contributed by atoms with E-state index in [1.807, 2.05) is 0 Å². The highest BCUT2D eigenvalue weighted by molar-refractivity contribution is 7.99. The van der Waals surface area contributed by atoms with E-state index in [1.54, 1.807) is 11.8 Å². The topological polar surface area (TPSA) is 41.1 Å². The molecule has 0 aromatic heterocycles. The third kappa shape index (κ3) is 11.4. The van der Waals surface area contributed by atoms with Crippen LogP contribution in [0.5, 0.6) is 0 Å². The van der Waals surface area contributed by atoms with Crippen LogP contribution in [0.2, 0.25) is 0 Å². The third-order valence-electron chi connectivity index (χ3n) is 1.94. The quantitative estimate of drug-likeness (QED) is 0.470. The maximum Gasteiger partial charge on any atom is 0.233 e. The van der Waals surface area contributed by atoms with E-state index >= 15 is 0 Å². The van der Waals surface area contributed by atoms with Crippen LogP contribution in [-0.4, -0.2) is 37.0 Å². The molecule has 0 aliphatic rings. The number of thioether (sulfide) groups is 1. The number of nitrogens with one attached hydrogen (secondary N) is 2. The van der Waals surface area contributed by atoms with Crippen LogP contribution in [0.25, 0.3) is 0 Å². The summed E-state index contributed by atoms with van der Waals surface area (Å²) in [5.41, 5.74) is 0. The molecule has 0 fully saturated rings. The summed E-state index contributed by atoms with van der Waals surface area (Å²) in [6.07, 6.45) is 6.15. The van der Waals surface area contributed by atoms with Gasteiger partial charge in [-0.3, -0.25) is 4.79 Å².